The quantitative estimate of drug-likeness (QED) is 0.719. The normalized spacial score (nSPS) is 18.5. The first-order valence-electron chi connectivity index (χ1n) is 8.73. The van der Waals surface area contributed by atoms with Crippen molar-refractivity contribution in [2.75, 3.05) is 10.1 Å². The molecule has 28 heavy (non-hydrogen) atoms. The Morgan fingerprint density at radius 2 is 2.07 bits per heavy atom. The fourth-order valence-electron chi connectivity index (χ4n) is 3.25. The van der Waals surface area contributed by atoms with Crippen molar-refractivity contribution < 1.29 is 18.0 Å². The minimum Gasteiger partial charge on any atom is -0.345 e. The van der Waals surface area contributed by atoms with E-state index in [-0.39, 0.29) is 29.5 Å². The predicted octanol–water partition coefficient (Wildman–Crippen LogP) is 1.58. The number of hydrogen-bond acceptors (Lipinski definition) is 5. The molecule has 144 valence electrons. The van der Waals surface area contributed by atoms with E-state index in [1.165, 1.54) is 12.1 Å². The molecule has 0 radical (unpaired) electrons. The number of amides is 2. The summed E-state index contributed by atoms with van der Waals surface area (Å²) in [5.74, 6) is -1.02. The zero-order valence-electron chi connectivity index (χ0n) is 15.1. The molecule has 1 aliphatic rings. The van der Waals surface area contributed by atoms with Crippen LogP contribution in [0, 0.1) is 5.92 Å². The maximum atomic E-state index is 12.5. The van der Waals surface area contributed by atoms with Crippen LogP contribution in [0.5, 0.6) is 0 Å². The van der Waals surface area contributed by atoms with Gasteiger partial charge in [0.15, 0.2) is 0 Å². The number of aromatic nitrogens is 2. The molecule has 1 unspecified atom stereocenters. The number of benzene rings is 1. The van der Waals surface area contributed by atoms with Crippen LogP contribution >= 0.6 is 0 Å². The molecule has 0 aliphatic carbocycles. The molecule has 1 fully saturated rings. The molecule has 1 atom stereocenters. The molecule has 3 heterocycles. The third kappa shape index (κ3) is 3.13. The van der Waals surface area contributed by atoms with Crippen LogP contribution in [0.3, 0.4) is 0 Å². The Bertz CT molecular complexity index is 1190. The van der Waals surface area contributed by atoms with Gasteiger partial charge in [-0.15, -0.1) is 0 Å². The highest BCUT2D eigenvalue weighted by molar-refractivity contribution is 7.94. The molecule has 4 rings (SSSR count). The van der Waals surface area contributed by atoms with Crippen molar-refractivity contribution in [2.45, 2.75) is 13.5 Å². The topological polar surface area (TPSA) is 101 Å². The number of hydrogen-bond donors (Lipinski definition) is 1. The van der Waals surface area contributed by atoms with E-state index in [9.17, 15) is 18.0 Å². The Balaban J connectivity index is 1.54. The summed E-state index contributed by atoms with van der Waals surface area (Å²) in [6, 6.07) is 11.7. The van der Waals surface area contributed by atoms with Crippen LogP contribution in [0.15, 0.2) is 54.9 Å². The van der Waals surface area contributed by atoms with Crippen LogP contribution in [0.2, 0.25) is 0 Å². The van der Waals surface area contributed by atoms with Gasteiger partial charge in [-0.25, -0.2) is 17.7 Å². The average Bonchev–Trinajstić information content (AvgIpc) is 3.17. The van der Waals surface area contributed by atoms with Gasteiger partial charge < -0.3 is 9.72 Å². The summed E-state index contributed by atoms with van der Waals surface area (Å²) in [6.45, 7) is 1.78. The predicted molar refractivity (Wildman–Crippen MR) is 103 cm³/mol. The summed E-state index contributed by atoms with van der Waals surface area (Å²) >= 11 is 0. The number of imidazole rings is 1. The first-order chi connectivity index (χ1) is 13.4. The number of pyridine rings is 1. The number of nitrogens with zero attached hydrogens (tertiary/aromatic N) is 3. The van der Waals surface area contributed by atoms with Gasteiger partial charge in [0.2, 0.25) is 15.9 Å². The zero-order valence-corrected chi connectivity index (χ0v) is 15.9. The van der Waals surface area contributed by atoms with Crippen LogP contribution in [-0.2, 0) is 21.4 Å². The third-order valence-electron chi connectivity index (χ3n) is 4.63. The van der Waals surface area contributed by atoms with Crippen molar-refractivity contribution in [2.24, 2.45) is 5.92 Å². The van der Waals surface area contributed by atoms with Gasteiger partial charge in [0.05, 0.1) is 35.6 Å². The van der Waals surface area contributed by atoms with Crippen molar-refractivity contribution in [1.82, 2.24) is 14.7 Å². The fraction of sp³-hybridized carbons (Fsp3) is 0.211. The van der Waals surface area contributed by atoms with E-state index in [1.54, 1.807) is 25.3 Å². The van der Waals surface area contributed by atoms with Crippen LogP contribution < -0.4 is 9.62 Å². The Morgan fingerprint density at radius 3 is 2.82 bits per heavy atom. The molecule has 2 aromatic heterocycles. The second-order valence-corrected chi connectivity index (χ2v) is 8.55. The van der Waals surface area contributed by atoms with Crippen LogP contribution in [-0.4, -0.2) is 35.4 Å². The van der Waals surface area contributed by atoms with E-state index in [0.29, 0.717) is 5.82 Å². The van der Waals surface area contributed by atoms with Crippen LogP contribution in [0.1, 0.15) is 23.1 Å². The lowest BCUT2D eigenvalue weighted by Crippen LogP contribution is -2.31. The number of fused-ring (bicyclic) bond motifs is 1. The Labute approximate surface area is 161 Å². The summed E-state index contributed by atoms with van der Waals surface area (Å²) < 4.78 is 27.2. The van der Waals surface area contributed by atoms with Gasteiger partial charge in [-0.1, -0.05) is 19.1 Å². The summed E-state index contributed by atoms with van der Waals surface area (Å²) in [6.07, 6.45) is 3.57. The van der Waals surface area contributed by atoms with Crippen molar-refractivity contribution in [3.8, 4) is 0 Å². The molecule has 0 saturated carbocycles. The third-order valence-corrected chi connectivity index (χ3v) is 6.49. The Hall–Kier alpha value is -3.20. The molecule has 1 aliphatic heterocycles. The van der Waals surface area contributed by atoms with Crippen molar-refractivity contribution in [3.63, 3.8) is 0 Å². The van der Waals surface area contributed by atoms with Gasteiger partial charge in [-0.05, 0) is 30.3 Å². The van der Waals surface area contributed by atoms with E-state index < -0.39 is 21.8 Å². The Morgan fingerprint density at radius 1 is 1.25 bits per heavy atom. The molecular formula is C19H18N4O4S. The smallest absolute Gasteiger partial charge is 0.251 e. The minimum absolute atomic E-state index is 0.174. The number of rotatable bonds is 4. The van der Waals surface area contributed by atoms with Gasteiger partial charge in [-0.3, -0.25) is 9.59 Å². The van der Waals surface area contributed by atoms with Crippen molar-refractivity contribution in [1.29, 1.82) is 0 Å². The minimum atomic E-state index is -3.71. The standard InChI is InChI=1S/C19H18N4O4S/c1-13-12-28(26,27)23(19(13)25)15-7-4-5-14(9-15)18(24)21-11-17-20-10-16-6-2-3-8-22(16)17/h2-10,13H,11-12H2,1H3,(H,21,24). The lowest BCUT2D eigenvalue weighted by molar-refractivity contribution is -0.119. The monoisotopic (exact) mass is 398 g/mol. The molecule has 9 heteroatoms. The summed E-state index contributed by atoms with van der Waals surface area (Å²) in [5.41, 5.74) is 1.36. The zero-order chi connectivity index (χ0) is 19.9. The number of carbonyl (C=O) groups is 2. The van der Waals surface area contributed by atoms with Gasteiger partial charge in [0.25, 0.3) is 5.91 Å². The van der Waals surface area contributed by atoms with Gasteiger partial charge in [0, 0.05) is 11.8 Å². The molecule has 1 N–H and O–H groups in total. The average molecular weight is 398 g/mol. The SMILES string of the molecule is CC1CS(=O)(=O)N(c2cccc(C(=O)NCc3ncc4ccccn34)c2)C1=O. The Kier molecular flexibility index (Phi) is 4.38. The summed E-state index contributed by atoms with van der Waals surface area (Å²) in [4.78, 5) is 29.1. The van der Waals surface area contributed by atoms with E-state index in [0.717, 1.165) is 9.82 Å². The molecule has 0 spiro atoms. The molecular weight excluding hydrogens is 380 g/mol. The number of anilines is 1. The maximum Gasteiger partial charge on any atom is 0.251 e. The number of nitrogens with one attached hydrogen (secondary N) is 1. The second kappa shape index (κ2) is 6.75. The summed E-state index contributed by atoms with van der Waals surface area (Å²) in [7, 11) is -3.71. The van der Waals surface area contributed by atoms with Gasteiger partial charge in [0.1, 0.15) is 5.82 Å². The number of sulfonamides is 1. The molecule has 8 nitrogen and oxygen atoms in total. The summed E-state index contributed by atoms with van der Waals surface area (Å²) in [5, 5.41) is 2.78. The lowest BCUT2D eigenvalue weighted by atomic mass is 10.1. The molecule has 3 aromatic rings. The lowest BCUT2D eigenvalue weighted by Gasteiger charge is -2.16. The highest BCUT2D eigenvalue weighted by Gasteiger charge is 2.42. The number of carbonyl (C=O) groups excluding carboxylic acids is 2. The van der Waals surface area contributed by atoms with E-state index in [1.807, 2.05) is 28.8 Å². The highest BCUT2D eigenvalue weighted by Crippen LogP contribution is 2.28. The first kappa shape index (κ1) is 18.2. The van der Waals surface area contributed by atoms with Crippen LogP contribution in [0.4, 0.5) is 5.69 Å². The molecule has 2 amide bonds. The molecule has 1 saturated heterocycles. The fourth-order valence-corrected chi connectivity index (χ4v) is 5.06. The molecule has 0 bridgehead atoms. The van der Waals surface area contributed by atoms with Crippen molar-refractivity contribution >= 4 is 33.0 Å². The van der Waals surface area contributed by atoms with E-state index in [2.05, 4.69) is 10.3 Å². The van der Waals surface area contributed by atoms with E-state index >= 15 is 0 Å². The molecule has 1 aromatic carbocycles. The largest absolute Gasteiger partial charge is 0.345 e. The van der Waals surface area contributed by atoms with Gasteiger partial charge >= 0.3 is 0 Å². The van der Waals surface area contributed by atoms with Gasteiger partial charge in [-0.2, -0.15) is 0 Å². The first-order valence-corrected chi connectivity index (χ1v) is 10.3. The van der Waals surface area contributed by atoms with Crippen LogP contribution in [0.25, 0.3) is 5.52 Å². The van der Waals surface area contributed by atoms with Crippen molar-refractivity contribution in [3.05, 3.63) is 66.2 Å². The second-order valence-electron chi connectivity index (χ2n) is 6.69. The maximum absolute atomic E-state index is 12.5. The van der Waals surface area contributed by atoms with E-state index in [4.69, 9.17) is 0 Å². The highest BCUT2D eigenvalue weighted by atomic mass is 32.2.